The summed E-state index contributed by atoms with van der Waals surface area (Å²) in [4.78, 5) is 2.52. The van der Waals surface area contributed by atoms with Crippen molar-refractivity contribution in [2.45, 2.75) is 32.4 Å². The fourth-order valence-corrected chi connectivity index (χ4v) is 4.13. The van der Waals surface area contributed by atoms with Crippen LogP contribution in [0, 0.1) is 5.92 Å². The Labute approximate surface area is 134 Å². The summed E-state index contributed by atoms with van der Waals surface area (Å²) in [6, 6.07) is 5.02. The molecule has 3 atom stereocenters. The Bertz CT molecular complexity index is 523. The van der Waals surface area contributed by atoms with Gasteiger partial charge in [0.15, 0.2) is 11.5 Å². The van der Waals surface area contributed by atoms with Gasteiger partial charge in [-0.05, 0) is 52.9 Å². The standard InChI is InChI=1S/C16H23BrN2O2/c1-10-5-11(2)19(9-10)14(8-18)12-6-13(17)16-15(7-12)20-3-4-21-16/h6-7,10-11,14H,3-5,8-9,18H2,1-2H3. The molecule has 2 aliphatic heterocycles. The number of hydrogen-bond acceptors (Lipinski definition) is 4. The van der Waals surface area contributed by atoms with Gasteiger partial charge in [0.05, 0.1) is 4.47 Å². The van der Waals surface area contributed by atoms with E-state index in [0.29, 0.717) is 25.8 Å². The number of halogens is 1. The maximum atomic E-state index is 6.09. The minimum atomic E-state index is 0.233. The van der Waals surface area contributed by atoms with Crippen molar-refractivity contribution in [1.82, 2.24) is 4.90 Å². The Morgan fingerprint density at radius 1 is 1.33 bits per heavy atom. The summed E-state index contributed by atoms with van der Waals surface area (Å²) in [5.41, 5.74) is 7.29. The van der Waals surface area contributed by atoms with Gasteiger partial charge in [-0.15, -0.1) is 0 Å². The summed E-state index contributed by atoms with van der Waals surface area (Å²) in [7, 11) is 0. The first-order chi connectivity index (χ1) is 10.1. The van der Waals surface area contributed by atoms with Gasteiger partial charge >= 0.3 is 0 Å². The molecule has 1 fully saturated rings. The third kappa shape index (κ3) is 2.91. The maximum Gasteiger partial charge on any atom is 0.175 e. The molecule has 3 unspecified atom stereocenters. The molecule has 1 saturated heterocycles. The number of ether oxygens (including phenoxy) is 2. The summed E-state index contributed by atoms with van der Waals surface area (Å²) in [6.07, 6.45) is 1.24. The molecule has 0 bridgehead atoms. The van der Waals surface area contributed by atoms with E-state index in [-0.39, 0.29) is 6.04 Å². The molecule has 0 amide bonds. The molecule has 21 heavy (non-hydrogen) atoms. The van der Waals surface area contributed by atoms with E-state index < -0.39 is 0 Å². The van der Waals surface area contributed by atoms with E-state index in [4.69, 9.17) is 15.2 Å². The molecule has 2 heterocycles. The second-order valence-electron chi connectivity index (χ2n) is 6.17. The van der Waals surface area contributed by atoms with Crippen LogP contribution in [-0.2, 0) is 0 Å². The third-order valence-corrected chi connectivity index (χ3v) is 5.05. The van der Waals surface area contributed by atoms with E-state index >= 15 is 0 Å². The SMILES string of the molecule is CC1CC(C)N(C(CN)c2cc(Br)c3c(c2)OCCO3)C1. The van der Waals surface area contributed by atoms with Crippen LogP contribution in [0.25, 0.3) is 0 Å². The Morgan fingerprint density at radius 3 is 2.76 bits per heavy atom. The second-order valence-corrected chi connectivity index (χ2v) is 7.02. The van der Waals surface area contributed by atoms with E-state index in [1.54, 1.807) is 0 Å². The summed E-state index contributed by atoms with van der Waals surface area (Å²) in [5.74, 6) is 2.36. The molecule has 116 valence electrons. The smallest absolute Gasteiger partial charge is 0.175 e. The average Bonchev–Trinajstić information content (AvgIpc) is 2.79. The molecule has 0 aromatic heterocycles. The summed E-state index contributed by atoms with van der Waals surface area (Å²) in [5, 5.41) is 0. The van der Waals surface area contributed by atoms with Crippen molar-refractivity contribution >= 4 is 15.9 Å². The van der Waals surface area contributed by atoms with Crippen LogP contribution in [0.2, 0.25) is 0 Å². The van der Waals surface area contributed by atoms with Gasteiger partial charge in [-0.3, -0.25) is 4.90 Å². The molecule has 4 nitrogen and oxygen atoms in total. The minimum absolute atomic E-state index is 0.233. The zero-order chi connectivity index (χ0) is 15.0. The largest absolute Gasteiger partial charge is 0.486 e. The van der Waals surface area contributed by atoms with Crippen LogP contribution in [0.1, 0.15) is 31.9 Å². The van der Waals surface area contributed by atoms with Crippen molar-refractivity contribution in [2.75, 3.05) is 26.3 Å². The molecule has 1 aromatic carbocycles. The number of nitrogens with zero attached hydrogens (tertiary/aromatic N) is 1. The van der Waals surface area contributed by atoms with Gasteiger partial charge in [-0.1, -0.05) is 6.92 Å². The van der Waals surface area contributed by atoms with Crippen LogP contribution >= 0.6 is 15.9 Å². The number of hydrogen-bond donors (Lipinski definition) is 1. The van der Waals surface area contributed by atoms with Gasteiger partial charge in [-0.25, -0.2) is 0 Å². The van der Waals surface area contributed by atoms with Crippen LogP contribution in [0.4, 0.5) is 0 Å². The van der Waals surface area contributed by atoms with Crippen LogP contribution in [-0.4, -0.2) is 37.2 Å². The molecular weight excluding hydrogens is 332 g/mol. The topological polar surface area (TPSA) is 47.7 Å². The zero-order valence-electron chi connectivity index (χ0n) is 12.6. The number of likely N-dealkylation sites (tertiary alicyclic amines) is 1. The molecule has 1 aromatic rings. The Balaban J connectivity index is 1.92. The number of rotatable bonds is 3. The first-order valence-electron chi connectivity index (χ1n) is 7.65. The molecule has 0 spiro atoms. The predicted octanol–water partition coefficient (Wildman–Crippen LogP) is 2.95. The minimum Gasteiger partial charge on any atom is -0.486 e. The Hall–Kier alpha value is -0.780. The maximum absolute atomic E-state index is 6.09. The van der Waals surface area contributed by atoms with E-state index in [1.165, 1.54) is 12.0 Å². The van der Waals surface area contributed by atoms with Crippen LogP contribution in [0.15, 0.2) is 16.6 Å². The highest BCUT2D eigenvalue weighted by molar-refractivity contribution is 9.10. The van der Waals surface area contributed by atoms with Crippen LogP contribution in [0.3, 0.4) is 0 Å². The second kappa shape index (κ2) is 6.15. The van der Waals surface area contributed by atoms with E-state index in [0.717, 1.165) is 28.4 Å². The average molecular weight is 355 g/mol. The number of nitrogens with two attached hydrogens (primary N) is 1. The lowest BCUT2D eigenvalue weighted by molar-refractivity contribution is 0.167. The Kier molecular flexibility index (Phi) is 4.43. The molecule has 2 aliphatic rings. The molecule has 0 radical (unpaired) electrons. The zero-order valence-corrected chi connectivity index (χ0v) is 14.2. The van der Waals surface area contributed by atoms with E-state index in [2.05, 4.69) is 46.8 Å². The van der Waals surface area contributed by atoms with Gasteiger partial charge in [0.25, 0.3) is 0 Å². The van der Waals surface area contributed by atoms with Gasteiger partial charge in [-0.2, -0.15) is 0 Å². The van der Waals surface area contributed by atoms with E-state index in [1.807, 2.05) is 0 Å². The molecular formula is C16H23BrN2O2. The summed E-state index contributed by atoms with van der Waals surface area (Å²) >= 11 is 3.60. The lowest BCUT2D eigenvalue weighted by atomic mass is 10.0. The van der Waals surface area contributed by atoms with Crippen molar-refractivity contribution < 1.29 is 9.47 Å². The molecule has 0 saturated carbocycles. The highest BCUT2D eigenvalue weighted by Gasteiger charge is 2.32. The normalized spacial score (nSPS) is 26.9. The first kappa shape index (κ1) is 15.1. The quantitative estimate of drug-likeness (QED) is 0.906. The van der Waals surface area contributed by atoms with Crippen molar-refractivity contribution in [3.8, 4) is 11.5 Å². The molecule has 5 heteroatoms. The van der Waals surface area contributed by atoms with E-state index in [9.17, 15) is 0 Å². The van der Waals surface area contributed by atoms with Crippen molar-refractivity contribution in [3.63, 3.8) is 0 Å². The molecule has 0 aliphatic carbocycles. The number of fused-ring (bicyclic) bond motifs is 1. The fraction of sp³-hybridized carbons (Fsp3) is 0.625. The monoisotopic (exact) mass is 354 g/mol. The van der Waals surface area contributed by atoms with Crippen molar-refractivity contribution in [1.29, 1.82) is 0 Å². The fourth-order valence-electron chi connectivity index (χ4n) is 3.55. The summed E-state index contributed by atoms with van der Waals surface area (Å²) in [6.45, 7) is 7.53. The molecule has 2 N–H and O–H groups in total. The predicted molar refractivity (Wildman–Crippen MR) is 86.9 cm³/mol. The van der Waals surface area contributed by atoms with Gasteiger partial charge in [0, 0.05) is 25.2 Å². The lowest BCUT2D eigenvalue weighted by Crippen LogP contribution is -2.36. The third-order valence-electron chi connectivity index (χ3n) is 4.46. The number of benzene rings is 1. The summed E-state index contributed by atoms with van der Waals surface area (Å²) < 4.78 is 12.4. The molecule has 3 rings (SSSR count). The van der Waals surface area contributed by atoms with Gasteiger partial charge < -0.3 is 15.2 Å². The van der Waals surface area contributed by atoms with Gasteiger partial charge in [0.1, 0.15) is 13.2 Å². The van der Waals surface area contributed by atoms with Crippen LogP contribution < -0.4 is 15.2 Å². The van der Waals surface area contributed by atoms with Crippen molar-refractivity contribution in [3.05, 3.63) is 22.2 Å². The van der Waals surface area contributed by atoms with Gasteiger partial charge in [0.2, 0.25) is 0 Å². The lowest BCUT2D eigenvalue weighted by Gasteiger charge is -2.32. The van der Waals surface area contributed by atoms with Crippen LogP contribution in [0.5, 0.6) is 11.5 Å². The highest BCUT2D eigenvalue weighted by atomic mass is 79.9. The highest BCUT2D eigenvalue weighted by Crippen LogP contribution is 2.41. The Morgan fingerprint density at radius 2 is 2.10 bits per heavy atom. The van der Waals surface area contributed by atoms with Crippen molar-refractivity contribution in [2.24, 2.45) is 11.7 Å². The first-order valence-corrected chi connectivity index (χ1v) is 8.44.